The van der Waals surface area contributed by atoms with Crippen LogP contribution >= 0.6 is 0 Å². The first-order valence-corrected chi connectivity index (χ1v) is 6.31. The van der Waals surface area contributed by atoms with E-state index in [1.807, 2.05) is 0 Å². The van der Waals surface area contributed by atoms with Crippen molar-refractivity contribution < 1.29 is 4.79 Å². The Morgan fingerprint density at radius 2 is 1.60 bits per heavy atom. The van der Waals surface area contributed by atoms with Crippen LogP contribution in [0.1, 0.15) is 51.9 Å². The molecule has 0 saturated heterocycles. The molecule has 2 rings (SSSR count). The van der Waals surface area contributed by atoms with Crippen molar-refractivity contribution in [2.24, 2.45) is 5.92 Å². The average molecular weight is 210 g/mol. The minimum atomic E-state index is 0.0544. The summed E-state index contributed by atoms with van der Waals surface area (Å²) in [5, 5.41) is 6.13. The molecule has 0 aromatic heterocycles. The van der Waals surface area contributed by atoms with Gasteiger partial charge in [0, 0.05) is 12.1 Å². The second-order valence-electron chi connectivity index (χ2n) is 5.21. The first-order chi connectivity index (χ1) is 7.24. The Hall–Kier alpha value is -0.730. The summed E-state index contributed by atoms with van der Waals surface area (Å²) >= 11 is 0. The summed E-state index contributed by atoms with van der Waals surface area (Å²) in [6.45, 7) is 2.28. The highest BCUT2D eigenvalue weighted by atomic mass is 16.2. The lowest BCUT2D eigenvalue weighted by atomic mass is 9.87. The van der Waals surface area contributed by atoms with E-state index in [0.717, 1.165) is 31.6 Å². The Morgan fingerprint density at radius 3 is 2.20 bits per heavy atom. The zero-order valence-electron chi connectivity index (χ0n) is 9.59. The third kappa shape index (κ3) is 3.11. The predicted octanol–water partition coefficient (Wildman–Crippen LogP) is 2.42. The number of urea groups is 1. The maximum Gasteiger partial charge on any atom is 0.315 e. The first-order valence-electron chi connectivity index (χ1n) is 6.31. The number of amides is 2. The molecule has 0 heterocycles. The fourth-order valence-corrected chi connectivity index (χ4v) is 2.53. The molecule has 86 valence electrons. The number of nitrogens with one attached hydrogen (secondary N) is 2. The van der Waals surface area contributed by atoms with Crippen molar-refractivity contribution in [3.8, 4) is 0 Å². The quantitative estimate of drug-likeness (QED) is 0.722. The van der Waals surface area contributed by atoms with Gasteiger partial charge in [0.05, 0.1) is 0 Å². The van der Waals surface area contributed by atoms with E-state index in [2.05, 4.69) is 17.6 Å². The standard InChI is InChI=1S/C12H22N2O/c1-9-4-2-7-11(8-9)14-12(15)13-10-5-3-6-10/h9-11H,2-8H2,1H3,(H2,13,14,15). The van der Waals surface area contributed by atoms with Gasteiger partial charge >= 0.3 is 6.03 Å². The largest absolute Gasteiger partial charge is 0.335 e. The molecule has 0 aliphatic heterocycles. The fraction of sp³-hybridized carbons (Fsp3) is 0.917. The lowest BCUT2D eigenvalue weighted by molar-refractivity contribution is 0.216. The van der Waals surface area contributed by atoms with Crippen molar-refractivity contribution in [3.05, 3.63) is 0 Å². The van der Waals surface area contributed by atoms with Gasteiger partial charge in [0.15, 0.2) is 0 Å². The minimum absolute atomic E-state index is 0.0544. The van der Waals surface area contributed by atoms with Gasteiger partial charge in [0.25, 0.3) is 0 Å². The molecular formula is C12H22N2O. The van der Waals surface area contributed by atoms with E-state index in [-0.39, 0.29) is 6.03 Å². The second-order valence-corrected chi connectivity index (χ2v) is 5.21. The zero-order chi connectivity index (χ0) is 10.7. The molecule has 0 aromatic rings. The Morgan fingerprint density at radius 1 is 1.00 bits per heavy atom. The van der Waals surface area contributed by atoms with E-state index in [9.17, 15) is 4.79 Å². The number of carbonyl (C=O) groups excluding carboxylic acids is 1. The van der Waals surface area contributed by atoms with Crippen molar-refractivity contribution in [1.82, 2.24) is 10.6 Å². The van der Waals surface area contributed by atoms with Crippen molar-refractivity contribution in [2.45, 2.75) is 64.0 Å². The zero-order valence-corrected chi connectivity index (χ0v) is 9.59. The summed E-state index contributed by atoms with van der Waals surface area (Å²) in [5.41, 5.74) is 0. The summed E-state index contributed by atoms with van der Waals surface area (Å²) in [4.78, 5) is 11.6. The molecule has 2 atom stereocenters. The van der Waals surface area contributed by atoms with Crippen LogP contribution in [0.4, 0.5) is 4.79 Å². The molecule has 2 N–H and O–H groups in total. The first kappa shape index (κ1) is 10.8. The fourth-order valence-electron chi connectivity index (χ4n) is 2.53. The van der Waals surface area contributed by atoms with Crippen LogP contribution in [0, 0.1) is 5.92 Å². The Balaban J connectivity index is 1.68. The topological polar surface area (TPSA) is 41.1 Å². The molecular weight excluding hydrogens is 188 g/mol. The van der Waals surface area contributed by atoms with Crippen molar-refractivity contribution in [2.75, 3.05) is 0 Å². The highest BCUT2D eigenvalue weighted by Crippen LogP contribution is 2.23. The number of rotatable bonds is 2. The third-order valence-corrected chi connectivity index (χ3v) is 3.71. The van der Waals surface area contributed by atoms with E-state index >= 15 is 0 Å². The van der Waals surface area contributed by atoms with Crippen molar-refractivity contribution in [3.63, 3.8) is 0 Å². The maximum absolute atomic E-state index is 11.6. The lowest BCUT2D eigenvalue weighted by Crippen LogP contribution is -2.49. The van der Waals surface area contributed by atoms with E-state index < -0.39 is 0 Å². The summed E-state index contributed by atoms with van der Waals surface area (Å²) in [6.07, 6.45) is 8.48. The Labute approximate surface area is 92.0 Å². The lowest BCUT2D eigenvalue weighted by Gasteiger charge is -2.30. The van der Waals surface area contributed by atoms with Gasteiger partial charge in [-0.15, -0.1) is 0 Å². The average Bonchev–Trinajstić information content (AvgIpc) is 2.11. The van der Waals surface area contributed by atoms with Crippen LogP contribution in [0.25, 0.3) is 0 Å². The molecule has 0 bridgehead atoms. The molecule has 3 heteroatoms. The number of carbonyl (C=O) groups is 1. The van der Waals surface area contributed by atoms with Crippen molar-refractivity contribution >= 4 is 6.03 Å². The van der Waals surface area contributed by atoms with E-state index in [0.29, 0.717) is 12.1 Å². The molecule has 0 spiro atoms. The summed E-state index contributed by atoms with van der Waals surface area (Å²) in [5.74, 6) is 0.771. The molecule has 2 amide bonds. The Bertz CT molecular complexity index is 226. The minimum Gasteiger partial charge on any atom is -0.335 e. The summed E-state index contributed by atoms with van der Waals surface area (Å²) in [6, 6.07) is 0.915. The van der Waals surface area contributed by atoms with Crippen LogP contribution in [-0.2, 0) is 0 Å². The van der Waals surface area contributed by atoms with Crippen LogP contribution in [0.5, 0.6) is 0 Å². The third-order valence-electron chi connectivity index (χ3n) is 3.71. The second kappa shape index (κ2) is 4.86. The molecule has 2 unspecified atom stereocenters. The van der Waals surface area contributed by atoms with Crippen LogP contribution in [-0.4, -0.2) is 18.1 Å². The maximum atomic E-state index is 11.6. The number of hydrogen-bond acceptors (Lipinski definition) is 1. The van der Waals surface area contributed by atoms with Gasteiger partial charge < -0.3 is 10.6 Å². The smallest absolute Gasteiger partial charge is 0.315 e. The predicted molar refractivity (Wildman–Crippen MR) is 60.7 cm³/mol. The molecule has 0 aromatic carbocycles. The van der Waals surface area contributed by atoms with Crippen LogP contribution in [0.3, 0.4) is 0 Å². The molecule has 2 fully saturated rings. The van der Waals surface area contributed by atoms with Gasteiger partial charge in [-0.25, -0.2) is 4.79 Å². The van der Waals surface area contributed by atoms with Crippen LogP contribution in [0.2, 0.25) is 0 Å². The highest BCUT2D eigenvalue weighted by molar-refractivity contribution is 5.74. The molecule has 15 heavy (non-hydrogen) atoms. The molecule has 2 aliphatic carbocycles. The van der Waals surface area contributed by atoms with E-state index in [1.165, 1.54) is 19.3 Å². The molecule has 3 nitrogen and oxygen atoms in total. The van der Waals surface area contributed by atoms with E-state index in [4.69, 9.17) is 0 Å². The SMILES string of the molecule is CC1CCCC(NC(=O)NC2CCC2)C1. The van der Waals surface area contributed by atoms with Gasteiger partial charge in [0.2, 0.25) is 0 Å². The highest BCUT2D eigenvalue weighted by Gasteiger charge is 2.23. The van der Waals surface area contributed by atoms with Crippen molar-refractivity contribution in [1.29, 1.82) is 0 Å². The molecule has 2 saturated carbocycles. The van der Waals surface area contributed by atoms with Gasteiger partial charge in [-0.2, -0.15) is 0 Å². The van der Waals surface area contributed by atoms with Crippen LogP contribution in [0.15, 0.2) is 0 Å². The summed E-state index contributed by atoms with van der Waals surface area (Å²) < 4.78 is 0. The van der Waals surface area contributed by atoms with Gasteiger partial charge in [-0.05, 0) is 38.0 Å². The normalized spacial score (nSPS) is 31.8. The van der Waals surface area contributed by atoms with Gasteiger partial charge in [-0.3, -0.25) is 0 Å². The van der Waals surface area contributed by atoms with Gasteiger partial charge in [-0.1, -0.05) is 19.8 Å². The summed E-state index contributed by atoms with van der Waals surface area (Å²) in [7, 11) is 0. The van der Waals surface area contributed by atoms with Gasteiger partial charge in [0.1, 0.15) is 0 Å². The van der Waals surface area contributed by atoms with Crippen LogP contribution < -0.4 is 10.6 Å². The van der Waals surface area contributed by atoms with E-state index in [1.54, 1.807) is 0 Å². The number of hydrogen-bond donors (Lipinski definition) is 2. The monoisotopic (exact) mass is 210 g/mol. The Kier molecular flexibility index (Phi) is 3.49. The molecule has 0 radical (unpaired) electrons. The molecule has 2 aliphatic rings.